The van der Waals surface area contributed by atoms with Gasteiger partial charge in [-0.05, 0) is 30.2 Å². The van der Waals surface area contributed by atoms with Crippen molar-refractivity contribution in [3.05, 3.63) is 59.8 Å². The molecule has 1 heterocycles. The minimum absolute atomic E-state index is 0.147. The number of halogens is 1. The molecule has 5 nitrogen and oxygen atoms in total. The van der Waals surface area contributed by atoms with Crippen molar-refractivity contribution in [1.29, 1.82) is 0 Å². The summed E-state index contributed by atoms with van der Waals surface area (Å²) < 4.78 is 18.2. The molecule has 2 N–H and O–H groups in total. The Bertz CT molecular complexity index is 611. The highest BCUT2D eigenvalue weighted by atomic mass is 19.1. The molecule has 0 unspecified atom stereocenters. The van der Waals surface area contributed by atoms with Crippen molar-refractivity contribution in [2.45, 2.75) is 6.42 Å². The monoisotopic (exact) mass is 290 g/mol. The summed E-state index contributed by atoms with van der Waals surface area (Å²) in [5.74, 6) is -0.942. The molecular formula is C15H15FN2O3. The van der Waals surface area contributed by atoms with E-state index < -0.39 is 5.91 Å². The van der Waals surface area contributed by atoms with Gasteiger partial charge in [0.2, 0.25) is 5.91 Å². The highest BCUT2D eigenvalue weighted by molar-refractivity contribution is 5.94. The molecule has 0 aliphatic rings. The lowest BCUT2D eigenvalue weighted by atomic mass is 10.1. The Morgan fingerprint density at radius 3 is 2.62 bits per heavy atom. The quantitative estimate of drug-likeness (QED) is 0.847. The third kappa shape index (κ3) is 4.45. The SMILES string of the molecule is O=C(CNC(=O)c1ccco1)NCCc1ccccc1F. The lowest BCUT2D eigenvalue weighted by molar-refractivity contribution is -0.120. The third-order valence-corrected chi connectivity index (χ3v) is 2.83. The van der Waals surface area contributed by atoms with Gasteiger partial charge in [-0.25, -0.2) is 4.39 Å². The Morgan fingerprint density at radius 2 is 1.90 bits per heavy atom. The van der Waals surface area contributed by atoms with Crippen LogP contribution in [-0.4, -0.2) is 24.9 Å². The smallest absolute Gasteiger partial charge is 0.287 e. The lowest BCUT2D eigenvalue weighted by Gasteiger charge is -2.06. The van der Waals surface area contributed by atoms with Crippen LogP contribution < -0.4 is 10.6 Å². The van der Waals surface area contributed by atoms with E-state index in [-0.39, 0.29) is 24.0 Å². The van der Waals surface area contributed by atoms with E-state index in [1.54, 1.807) is 24.3 Å². The second kappa shape index (κ2) is 7.23. The van der Waals surface area contributed by atoms with E-state index in [9.17, 15) is 14.0 Å². The fourth-order valence-corrected chi connectivity index (χ4v) is 1.76. The van der Waals surface area contributed by atoms with Gasteiger partial charge in [0.05, 0.1) is 12.8 Å². The number of furan rings is 1. The van der Waals surface area contributed by atoms with E-state index >= 15 is 0 Å². The van der Waals surface area contributed by atoms with Crippen molar-refractivity contribution in [1.82, 2.24) is 10.6 Å². The van der Waals surface area contributed by atoms with Crippen molar-refractivity contribution in [3.63, 3.8) is 0 Å². The maximum Gasteiger partial charge on any atom is 0.287 e. The van der Waals surface area contributed by atoms with Crippen LogP contribution in [0, 0.1) is 5.82 Å². The van der Waals surface area contributed by atoms with Gasteiger partial charge in [-0.3, -0.25) is 9.59 Å². The van der Waals surface area contributed by atoms with Gasteiger partial charge >= 0.3 is 0 Å². The lowest BCUT2D eigenvalue weighted by Crippen LogP contribution is -2.37. The number of carbonyl (C=O) groups is 2. The molecule has 2 amide bonds. The molecule has 0 spiro atoms. The Labute approximate surface area is 121 Å². The van der Waals surface area contributed by atoms with Crippen LogP contribution in [0.5, 0.6) is 0 Å². The normalized spacial score (nSPS) is 10.1. The highest BCUT2D eigenvalue weighted by Crippen LogP contribution is 2.06. The number of nitrogens with one attached hydrogen (secondary N) is 2. The first kappa shape index (κ1) is 14.8. The second-order valence-corrected chi connectivity index (χ2v) is 4.35. The number of carbonyl (C=O) groups excluding carboxylic acids is 2. The highest BCUT2D eigenvalue weighted by Gasteiger charge is 2.10. The molecule has 0 radical (unpaired) electrons. The molecule has 0 atom stereocenters. The molecule has 6 heteroatoms. The summed E-state index contributed by atoms with van der Waals surface area (Å²) in [5, 5.41) is 5.03. The van der Waals surface area contributed by atoms with E-state index in [1.165, 1.54) is 18.4 Å². The summed E-state index contributed by atoms with van der Waals surface area (Å²) in [4.78, 5) is 23.1. The van der Waals surface area contributed by atoms with Crippen LogP contribution in [0.3, 0.4) is 0 Å². The molecule has 21 heavy (non-hydrogen) atoms. The first-order valence-corrected chi connectivity index (χ1v) is 6.48. The predicted molar refractivity (Wildman–Crippen MR) is 74.2 cm³/mol. The summed E-state index contributed by atoms with van der Waals surface area (Å²) in [6, 6.07) is 9.49. The zero-order valence-electron chi connectivity index (χ0n) is 11.3. The van der Waals surface area contributed by atoms with Gasteiger partial charge in [-0.15, -0.1) is 0 Å². The summed E-state index contributed by atoms with van der Waals surface area (Å²) >= 11 is 0. The first-order valence-electron chi connectivity index (χ1n) is 6.48. The minimum Gasteiger partial charge on any atom is -0.459 e. The van der Waals surface area contributed by atoms with Crippen molar-refractivity contribution < 1.29 is 18.4 Å². The van der Waals surface area contributed by atoms with E-state index in [0.29, 0.717) is 18.5 Å². The molecule has 0 fully saturated rings. The molecule has 0 aliphatic heterocycles. The molecule has 110 valence electrons. The molecule has 2 aromatic rings. The van der Waals surface area contributed by atoms with Gasteiger partial charge < -0.3 is 15.1 Å². The van der Waals surface area contributed by atoms with Crippen molar-refractivity contribution in [2.24, 2.45) is 0 Å². The summed E-state index contributed by atoms with van der Waals surface area (Å²) in [5.41, 5.74) is 0.539. The standard InChI is InChI=1S/C15H15FN2O3/c16-12-5-2-1-4-11(12)7-8-17-14(19)10-18-15(20)13-6-3-9-21-13/h1-6,9H,7-8,10H2,(H,17,19)(H,18,20). The van der Waals surface area contributed by atoms with Crippen LogP contribution in [0.25, 0.3) is 0 Å². The Morgan fingerprint density at radius 1 is 1.10 bits per heavy atom. The Kier molecular flexibility index (Phi) is 5.09. The van der Waals surface area contributed by atoms with Gasteiger partial charge in [-0.2, -0.15) is 0 Å². The molecule has 1 aromatic heterocycles. The van der Waals surface area contributed by atoms with Crippen molar-refractivity contribution in [2.75, 3.05) is 13.1 Å². The summed E-state index contributed by atoms with van der Waals surface area (Å²) in [7, 11) is 0. The number of hydrogen-bond acceptors (Lipinski definition) is 3. The molecule has 0 aliphatic carbocycles. The molecular weight excluding hydrogens is 275 g/mol. The topological polar surface area (TPSA) is 71.3 Å². The van der Waals surface area contributed by atoms with Gasteiger partial charge in [-0.1, -0.05) is 18.2 Å². The molecule has 0 bridgehead atoms. The Balaban J connectivity index is 1.68. The summed E-state index contributed by atoms with van der Waals surface area (Å²) in [6.45, 7) is 0.146. The van der Waals surface area contributed by atoms with Crippen molar-refractivity contribution in [3.8, 4) is 0 Å². The first-order chi connectivity index (χ1) is 10.2. The maximum atomic E-state index is 13.3. The molecule has 0 saturated carbocycles. The largest absolute Gasteiger partial charge is 0.459 e. The number of hydrogen-bond donors (Lipinski definition) is 2. The molecule has 2 rings (SSSR count). The van der Waals surface area contributed by atoms with E-state index in [4.69, 9.17) is 4.42 Å². The van der Waals surface area contributed by atoms with Gasteiger partial charge in [0.1, 0.15) is 5.82 Å². The van der Waals surface area contributed by atoms with E-state index in [1.807, 2.05) is 0 Å². The number of benzene rings is 1. The fourth-order valence-electron chi connectivity index (χ4n) is 1.76. The van der Waals surface area contributed by atoms with E-state index in [0.717, 1.165) is 0 Å². The van der Waals surface area contributed by atoms with Crippen LogP contribution in [-0.2, 0) is 11.2 Å². The van der Waals surface area contributed by atoms with Gasteiger partial charge in [0.25, 0.3) is 5.91 Å². The predicted octanol–water partition coefficient (Wildman–Crippen LogP) is 1.51. The molecule has 1 aromatic carbocycles. The van der Waals surface area contributed by atoms with Gasteiger partial charge in [0.15, 0.2) is 5.76 Å². The number of amides is 2. The third-order valence-electron chi connectivity index (χ3n) is 2.83. The van der Waals surface area contributed by atoms with Crippen LogP contribution in [0.4, 0.5) is 4.39 Å². The van der Waals surface area contributed by atoms with Gasteiger partial charge in [0, 0.05) is 6.54 Å². The van der Waals surface area contributed by atoms with Crippen LogP contribution in [0.15, 0.2) is 47.1 Å². The average molecular weight is 290 g/mol. The minimum atomic E-state index is -0.454. The number of rotatable bonds is 6. The molecule has 0 saturated heterocycles. The second-order valence-electron chi connectivity index (χ2n) is 4.35. The van der Waals surface area contributed by atoms with Crippen LogP contribution >= 0.6 is 0 Å². The van der Waals surface area contributed by atoms with Crippen LogP contribution in [0.1, 0.15) is 16.1 Å². The van der Waals surface area contributed by atoms with E-state index in [2.05, 4.69) is 10.6 Å². The van der Waals surface area contributed by atoms with Crippen molar-refractivity contribution >= 4 is 11.8 Å². The zero-order chi connectivity index (χ0) is 15.1. The fraction of sp³-hybridized carbons (Fsp3) is 0.200. The average Bonchev–Trinajstić information content (AvgIpc) is 3.01. The Hall–Kier alpha value is -2.63. The maximum absolute atomic E-state index is 13.3. The zero-order valence-corrected chi connectivity index (χ0v) is 11.3. The van der Waals surface area contributed by atoms with Crippen LogP contribution in [0.2, 0.25) is 0 Å². The summed E-state index contributed by atoms with van der Waals surface area (Å²) in [6.07, 6.45) is 1.77.